The van der Waals surface area contributed by atoms with E-state index in [0.29, 0.717) is 23.9 Å². The maximum Gasteiger partial charge on any atom is 0.225 e. The van der Waals surface area contributed by atoms with Crippen LogP contribution >= 0.6 is 11.6 Å². The van der Waals surface area contributed by atoms with E-state index in [4.69, 9.17) is 11.6 Å². The second kappa shape index (κ2) is 10.1. The number of anilines is 1. The van der Waals surface area contributed by atoms with E-state index in [0.717, 1.165) is 42.2 Å². The smallest absolute Gasteiger partial charge is 0.225 e. The number of carbonyl (C=O) groups is 1. The number of hydrogen-bond acceptors (Lipinski definition) is 5. The largest absolute Gasteiger partial charge is 0.354 e. The van der Waals surface area contributed by atoms with Gasteiger partial charge in [0.2, 0.25) is 5.91 Å². The molecular weight excluding hydrogens is 448 g/mol. The van der Waals surface area contributed by atoms with Crippen LogP contribution in [-0.4, -0.2) is 38.7 Å². The van der Waals surface area contributed by atoms with E-state index in [-0.39, 0.29) is 11.8 Å². The summed E-state index contributed by atoms with van der Waals surface area (Å²) in [6, 6.07) is 21.4. The number of amides is 1. The fourth-order valence-electron chi connectivity index (χ4n) is 4.24. The average Bonchev–Trinajstić information content (AvgIpc) is 3.39. The summed E-state index contributed by atoms with van der Waals surface area (Å²) in [6.45, 7) is 1.98. The van der Waals surface area contributed by atoms with Crippen LogP contribution in [0.3, 0.4) is 0 Å². The number of carbonyl (C=O) groups excluding carboxylic acids is 1. The Hall–Kier alpha value is -3.71. The Bertz CT molecular complexity index is 1240. The average molecular weight is 473 g/mol. The number of imidazole rings is 1. The molecule has 2 aromatic carbocycles. The monoisotopic (exact) mass is 472 g/mol. The van der Waals surface area contributed by atoms with Crippen LogP contribution in [0.15, 0.2) is 79.1 Å². The molecule has 1 saturated heterocycles. The second-order valence-electron chi connectivity index (χ2n) is 8.37. The third-order valence-corrected chi connectivity index (χ3v) is 6.30. The van der Waals surface area contributed by atoms with E-state index in [9.17, 15) is 4.79 Å². The molecule has 1 aliphatic rings. The van der Waals surface area contributed by atoms with E-state index in [1.54, 1.807) is 6.20 Å². The molecule has 7 nitrogen and oxygen atoms in total. The first-order valence-corrected chi connectivity index (χ1v) is 11.7. The minimum Gasteiger partial charge on any atom is -0.354 e. The van der Waals surface area contributed by atoms with Crippen molar-refractivity contribution in [3.8, 4) is 17.2 Å². The first kappa shape index (κ1) is 22.1. The van der Waals surface area contributed by atoms with Crippen LogP contribution in [0.4, 0.5) is 5.82 Å². The normalized spacial score (nSPS) is 15.8. The van der Waals surface area contributed by atoms with Crippen molar-refractivity contribution in [2.45, 2.75) is 19.4 Å². The molecule has 0 aliphatic carbocycles. The van der Waals surface area contributed by atoms with Crippen LogP contribution in [0, 0.1) is 5.92 Å². The Labute approximate surface area is 203 Å². The Morgan fingerprint density at radius 2 is 1.76 bits per heavy atom. The van der Waals surface area contributed by atoms with Gasteiger partial charge in [-0.2, -0.15) is 0 Å². The summed E-state index contributed by atoms with van der Waals surface area (Å²) in [5.74, 6) is 2.28. The molecule has 3 heterocycles. The highest BCUT2D eigenvalue weighted by molar-refractivity contribution is 6.30. The quantitative estimate of drug-likeness (QED) is 0.446. The van der Waals surface area contributed by atoms with Crippen molar-refractivity contribution in [3.63, 3.8) is 0 Å². The molecule has 0 saturated carbocycles. The number of halogens is 1. The zero-order valence-corrected chi connectivity index (χ0v) is 19.4. The lowest BCUT2D eigenvalue weighted by Gasteiger charge is -2.32. The molecule has 5 rings (SSSR count). The standard InChI is InChI=1S/C26H25ClN6O/c27-22-10-8-19(9-11-22)17-29-26(34)21-7-4-15-32(18-21)23-12-13-24(31-30-23)33-16-14-28-25(33)20-5-2-1-3-6-20/h1-3,5-6,8-14,16,21H,4,7,15,17-18H2,(H,29,34). The van der Waals surface area contributed by atoms with Gasteiger partial charge < -0.3 is 10.2 Å². The summed E-state index contributed by atoms with van der Waals surface area (Å²) in [7, 11) is 0. The molecule has 34 heavy (non-hydrogen) atoms. The van der Waals surface area contributed by atoms with Crippen molar-refractivity contribution in [2.24, 2.45) is 5.92 Å². The van der Waals surface area contributed by atoms with E-state index in [2.05, 4.69) is 25.4 Å². The van der Waals surface area contributed by atoms with Crippen LogP contribution in [0.25, 0.3) is 17.2 Å². The Morgan fingerprint density at radius 1 is 1.00 bits per heavy atom. The highest BCUT2D eigenvalue weighted by atomic mass is 35.5. The molecule has 1 fully saturated rings. The molecule has 1 atom stereocenters. The molecule has 1 amide bonds. The van der Waals surface area contributed by atoms with Gasteiger partial charge in [-0.15, -0.1) is 10.2 Å². The minimum atomic E-state index is -0.0825. The molecule has 172 valence electrons. The second-order valence-corrected chi connectivity index (χ2v) is 8.80. The Balaban J connectivity index is 1.24. The Kier molecular flexibility index (Phi) is 6.53. The van der Waals surface area contributed by atoms with Crippen LogP contribution in [-0.2, 0) is 11.3 Å². The number of piperidine rings is 1. The van der Waals surface area contributed by atoms with Crippen LogP contribution in [0.1, 0.15) is 18.4 Å². The fraction of sp³-hybridized carbons (Fsp3) is 0.231. The van der Waals surface area contributed by atoms with E-state index >= 15 is 0 Å². The minimum absolute atomic E-state index is 0.0650. The number of nitrogens with zero attached hydrogens (tertiary/aromatic N) is 5. The number of rotatable bonds is 6. The van der Waals surface area contributed by atoms with E-state index in [1.165, 1.54) is 0 Å². The van der Waals surface area contributed by atoms with E-state index in [1.807, 2.05) is 77.5 Å². The maximum atomic E-state index is 12.8. The first-order valence-electron chi connectivity index (χ1n) is 11.4. The summed E-state index contributed by atoms with van der Waals surface area (Å²) in [6.07, 6.45) is 5.44. The van der Waals surface area contributed by atoms with Gasteiger partial charge in [-0.25, -0.2) is 4.98 Å². The highest BCUT2D eigenvalue weighted by Gasteiger charge is 2.26. The van der Waals surface area contributed by atoms with Crippen molar-refractivity contribution in [2.75, 3.05) is 18.0 Å². The number of benzene rings is 2. The molecule has 0 radical (unpaired) electrons. The SMILES string of the molecule is O=C(NCc1ccc(Cl)cc1)C1CCCN(c2ccc(-n3ccnc3-c3ccccc3)nn2)C1. The lowest BCUT2D eigenvalue weighted by molar-refractivity contribution is -0.125. The van der Waals surface area contributed by atoms with Gasteiger partial charge in [0.25, 0.3) is 0 Å². The van der Waals surface area contributed by atoms with Gasteiger partial charge in [-0.3, -0.25) is 9.36 Å². The van der Waals surface area contributed by atoms with Gasteiger partial charge in [-0.1, -0.05) is 54.1 Å². The highest BCUT2D eigenvalue weighted by Crippen LogP contribution is 2.24. The topological polar surface area (TPSA) is 75.9 Å². The zero-order chi connectivity index (χ0) is 23.3. The molecule has 8 heteroatoms. The molecule has 1 unspecified atom stereocenters. The summed E-state index contributed by atoms with van der Waals surface area (Å²) in [5.41, 5.74) is 2.04. The summed E-state index contributed by atoms with van der Waals surface area (Å²) in [5, 5.41) is 12.7. The van der Waals surface area contributed by atoms with Crippen molar-refractivity contribution < 1.29 is 4.79 Å². The van der Waals surface area contributed by atoms with Gasteiger partial charge in [0.1, 0.15) is 5.82 Å². The molecule has 4 aromatic rings. The van der Waals surface area contributed by atoms with Gasteiger partial charge >= 0.3 is 0 Å². The third kappa shape index (κ3) is 4.94. The number of aromatic nitrogens is 4. The summed E-state index contributed by atoms with van der Waals surface area (Å²) in [4.78, 5) is 19.4. The molecule has 0 bridgehead atoms. The number of nitrogens with one attached hydrogen (secondary N) is 1. The zero-order valence-electron chi connectivity index (χ0n) is 18.6. The van der Waals surface area contributed by atoms with Gasteiger partial charge in [0.15, 0.2) is 11.6 Å². The third-order valence-electron chi connectivity index (χ3n) is 6.05. The van der Waals surface area contributed by atoms with Crippen LogP contribution in [0.2, 0.25) is 5.02 Å². The summed E-state index contributed by atoms with van der Waals surface area (Å²) < 4.78 is 1.93. The Morgan fingerprint density at radius 3 is 2.53 bits per heavy atom. The van der Waals surface area contributed by atoms with Crippen molar-refractivity contribution in [1.29, 1.82) is 0 Å². The maximum absolute atomic E-state index is 12.8. The predicted octanol–water partition coefficient (Wildman–Crippen LogP) is 4.52. The van der Waals surface area contributed by atoms with Crippen molar-refractivity contribution >= 4 is 23.3 Å². The first-order chi connectivity index (χ1) is 16.7. The summed E-state index contributed by atoms with van der Waals surface area (Å²) >= 11 is 5.94. The molecule has 1 aliphatic heterocycles. The van der Waals surface area contributed by atoms with E-state index < -0.39 is 0 Å². The van der Waals surface area contributed by atoms with Gasteiger partial charge in [0, 0.05) is 42.6 Å². The lowest BCUT2D eigenvalue weighted by atomic mass is 9.97. The molecule has 2 aromatic heterocycles. The molecule has 1 N–H and O–H groups in total. The van der Waals surface area contributed by atoms with Crippen LogP contribution < -0.4 is 10.2 Å². The van der Waals surface area contributed by atoms with Gasteiger partial charge in [0.05, 0.1) is 5.92 Å². The van der Waals surface area contributed by atoms with Crippen molar-refractivity contribution in [1.82, 2.24) is 25.1 Å². The predicted molar refractivity (Wildman–Crippen MR) is 133 cm³/mol. The molecular formula is C26H25ClN6O. The van der Waals surface area contributed by atoms with Gasteiger partial charge in [-0.05, 0) is 42.7 Å². The lowest BCUT2D eigenvalue weighted by Crippen LogP contribution is -2.43. The fourth-order valence-corrected chi connectivity index (χ4v) is 4.37. The number of hydrogen-bond donors (Lipinski definition) is 1. The molecule has 0 spiro atoms. The van der Waals surface area contributed by atoms with Crippen molar-refractivity contribution in [3.05, 3.63) is 89.7 Å². The van der Waals surface area contributed by atoms with Crippen LogP contribution in [0.5, 0.6) is 0 Å².